The van der Waals surface area contributed by atoms with Gasteiger partial charge in [0.05, 0.1) is 0 Å². The van der Waals surface area contributed by atoms with E-state index in [1.165, 1.54) is 0 Å². The first-order valence-corrected chi connectivity index (χ1v) is 8.77. The molecule has 0 fully saturated rings. The number of aromatic nitrogens is 1. The molecule has 130 valence electrons. The molecule has 1 amide bonds. The Kier molecular flexibility index (Phi) is 6.32. The minimum absolute atomic E-state index is 0.00800. The molecule has 0 aliphatic rings. The van der Waals surface area contributed by atoms with Gasteiger partial charge in [-0.2, -0.15) is 0 Å². The number of nitrogens with zero attached hydrogens (tertiary/aromatic N) is 2. The van der Waals surface area contributed by atoms with Gasteiger partial charge in [-0.05, 0) is 29.3 Å². The second kappa shape index (κ2) is 9.33. The van der Waals surface area contributed by atoms with Crippen molar-refractivity contribution in [3.63, 3.8) is 0 Å². The van der Waals surface area contributed by atoms with Crippen molar-refractivity contribution in [2.24, 2.45) is 0 Å². The Morgan fingerprint density at radius 2 is 1.58 bits per heavy atom. The van der Waals surface area contributed by atoms with Gasteiger partial charge in [-0.3, -0.25) is 9.78 Å². The number of amides is 1. The molecule has 3 aromatic rings. The number of hydrogen-bond acceptors (Lipinski definition) is 2. The van der Waals surface area contributed by atoms with Gasteiger partial charge in [0.15, 0.2) is 0 Å². The standard InChI is InChI=1S/C23H22N2O/c26-23(15-14-20-9-3-1-4-10-20)25(19-21-11-5-2-6-12-21)18-16-22-13-7-8-17-24-22/h1-15,17H,16,18-19H2/b15-14+. The van der Waals surface area contributed by atoms with Crippen LogP contribution in [0.2, 0.25) is 0 Å². The van der Waals surface area contributed by atoms with E-state index in [4.69, 9.17) is 0 Å². The molecule has 0 aliphatic heterocycles. The lowest BCUT2D eigenvalue weighted by atomic mass is 10.1. The van der Waals surface area contributed by atoms with Crippen LogP contribution in [0.1, 0.15) is 16.8 Å². The van der Waals surface area contributed by atoms with Gasteiger partial charge in [-0.1, -0.05) is 66.7 Å². The molecular formula is C23H22N2O. The quantitative estimate of drug-likeness (QED) is 0.598. The number of hydrogen-bond donors (Lipinski definition) is 0. The fourth-order valence-corrected chi connectivity index (χ4v) is 2.70. The van der Waals surface area contributed by atoms with Crippen molar-refractivity contribution in [3.05, 3.63) is 108 Å². The molecule has 2 aromatic carbocycles. The average molecular weight is 342 g/mol. The Morgan fingerprint density at radius 3 is 2.27 bits per heavy atom. The lowest BCUT2D eigenvalue weighted by Crippen LogP contribution is -2.31. The normalized spacial score (nSPS) is 10.8. The summed E-state index contributed by atoms with van der Waals surface area (Å²) in [4.78, 5) is 19.0. The molecule has 0 aliphatic carbocycles. The smallest absolute Gasteiger partial charge is 0.246 e. The SMILES string of the molecule is O=C(/C=C/c1ccccc1)N(CCc1ccccn1)Cc1ccccc1. The van der Waals surface area contributed by atoms with E-state index in [2.05, 4.69) is 4.98 Å². The van der Waals surface area contributed by atoms with Gasteiger partial charge in [0.1, 0.15) is 0 Å². The zero-order chi connectivity index (χ0) is 18.0. The summed E-state index contributed by atoms with van der Waals surface area (Å²) in [7, 11) is 0. The first-order valence-electron chi connectivity index (χ1n) is 8.77. The molecule has 0 N–H and O–H groups in total. The summed E-state index contributed by atoms with van der Waals surface area (Å²) in [5.41, 5.74) is 3.13. The second-order valence-electron chi connectivity index (χ2n) is 6.06. The summed E-state index contributed by atoms with van der Waals surface area (Å²) in [6.45, 7) is 1.22. The van der Waals surface area contributed by atoms with Crippen molar-refractivity contribution in [1.82, 2.24) is 9.88 Å². The molecule has 0 radical (unpaired) electrons. The van der Waals surface area contributed by atoms with Crippen molar-refractivity contribution in [3.8, 4) is 0 Å². The van der Waals surface area contributed by atoms with Gasteiger partial charge < -0.3 is 4.90 Å². The molecule has 1 aromatic heterocycles. The molecule has 1 heterocycles. The maximum atomic E-state index is 12.8. The maximum absolute atomic E-state index is 12.8. The number of pyridine rings is 1. The van der Waals surface area contributed by atoms with E-state index >= 15 is 0 Å². The highest BCUT2D eigenvalue weighted by atomic mass is 16.2. The minimum Gasteiger partial charge on any atom is -0.334 e. The summed E-state index contributed by atoms with van der Waals surface area (Å²) < 4.78 is 0. The molecule has 0 spiro atoms. The largest absolute Gasteiger partial charge is 0.334 e. The van der Waals surface area contributed by atoms with Crippen LogP contribution in [-0.2, 0) is 17.8 Å². The third-order valence-corrected chi connectivity index (χ3v) is 4.11. The Morgan fingerprint density at radius 1 is 0.885 bits per heavy atom. The van der Waals surface area contributed by atoms with E-state index in [0.717, 1.165) is 23.2 Å². The lowest BCUT2D eigenvalue weighted by Gasteiger charge is -2.21. The van der Waals surface area contributed by atoms with Crippen molar-refractivity contribution in [2.45, 2.75) is 13.0 Å². The molecule has 3 heteroatoms. The van der Waals surface area contributed by atoms with Gasteiger partial charge in [0.2, 0.25) is 5.91 Å². The van der Waals surface area contributed by atoms with Crippen LogP contribution in [0.25, 0.3) is 6.08 Å². The van der Waals surface area contributed by atoms with Gasteiger partial charge in [-0.15, -0.1) is 0 Å². The zero-order valence-electron chi connectivity index (χ0n) is 14.7. The molecule has 0 saturated carbocycles. The molecule has 0 unspecified atom stereocenters. The fraction of sp³-hybridized carbons (Fsp3) is 0.130. The van der Waals surface area contributed by atoms with Crippen LogP contribution in [0.5, 0.6) is 0 Å². The fourth-order valence-electron chi connectivity index (χ4n) is 2.70. The van der Waals surface area contributed by atoms with Crippen LogP contribution in [0.15, 0.2) is 91.1 Å². The maximum Gasteiger partial charge on any atom is 0.246 e. The predicted molar refractivity (Wildman–Crippen MR) is 105 cm³/mol. The molecule has 0 bridgehead atoms. The number of carbonyl (C=O) groups is 1. The van der Waals surface area contributed by atoms with E-state index < -0.39 is 0 Å². The summed E-state index contributed by atoms with van der Waals surface area (Å²) in [5, 5.41) is 0. The molecule has 3 rings (SSSR count). The minimum atomic E-state index is 0.00800. The topological polar surface area (TPSA) is 33.2 Å². The number of carbonyl (C=O) groups excluding carboxylic acids is 1. The van der Waals surface area contributed by atoms with Crippen LogP contribution < -0.4 is 0 Å². The number of benzene rings is 2. The first-order chi connectivity index (χ1) is 12.8. The van der Waals surface area contributed by atoms with Crippen LogP contribution in [-0.4, -0.2) is 22.3 Å². The van der Waals surface area contributed by atoms with Crippen molar-refractivity contribution < 1.29 is 4.79 Å². The highest BCUT2D eigenvalue weighted by Crippen LogP contribution is 2.09. The highest BCUT2D eigenvalue weighted by Gasteiger charge is 2.12. The van der Waals surface area contributed by atoms with E-state index in [0.29, 0.717) is 13.1 Å². The van der Waals surface area contributed by atoms with Crippen molar-refractivity contribution in [1.29, 1.82) is 0 Å². The molecule has 3 nitrogen and oxygen atoms in total. The van der Waals surface area contributed by atoms with Crippen LogP contribution in [0.4, 0.5) is 0 Å². The summed E-state index contributed by atoms with van der Waals surface area (Å²) in [5.74, 6) is 0.00800. The van der Waals surface area contributed by atoms with Crippen LogP contribution in [0, 0.1) is 0 Å². The van der Waals surface area contributed by atoms with Gasteiger partial charge in [-0.25, -0.2) is 0 Å². The monoisotopic (exact) mass is 342 g/mol. The molecule has 26 heavy (non-hydrogen) atoms. The molecule has 0 atom stereocenters. The Bertz CT molecular complexity index is 830. The van der Waals surface area contributed by atoms with Crippen LogP contribution >= 0.6 is 0 Å². The Hall–Kier alpha value is -3.20. The summed E-state index contributed by atoms with van der Waals surface area (Å²) in [6.07, 6.45) is 6.03. The Balaban J connectivity index is 1.70. The average Bonchev–Trinajstić information content (AvgIpc) is 2.71. The van der Waals surface area contributed by atoms with Gasteiger partial charge in [0.25, 0.3) is 0 Å². The van der Waals surface area contributed by atoms with Gasteiger partial charge >= 0.3 is 0 Å². The third-order valence-electron chi connectivity index (χ3n) is 4.11. The Labute approximate surface area is 154 Å². The van der Waals surface area contributed by atoms with Crippen molar-refractivity contribution >= 4 is 12.0 Å². The van der Waals surface area contributed by atoms with Gasteiger partial charge in [0, 0.05) is 37.5 Å². The second-order valence-corrected chi connectivity index (χ2v) is 6.06. The predicted octanol–water partition coefficient (Wildman–Crippen LogP) is 4.37. The van der Waals surface area contributed by atoms with Crippen LogP contribution in [0.3, 0.4) is 0 Å². The first kappa shape index (κ1) is 17.6. The van der Waals surface area contributed by atoms with E-state index in [1.807, 2.05) is 89.8 Å². The summed E-state index contributed by atoms with van der Waals surface area (Å²) in [6, 6.07) is 25.8. The van der Waals surface area contributed by atoms with E-state index in [-0.39, 0.29) is 5.91 Å². The van der Waals surface area contributed by atoms with Crippen molar-refractivity contribution in [2.75, 3.05) is 6.54 Å². The van der Waals surface area contributed by atoms with E-state index in [1.54, 1.807) is 12.3 Å². The third kappa shape index (κ3) is 5.42. The number of rotatable bonds is 7. The summed E-state index contributed by atoms with van der Waals surface area (Å²) >= 11 is 0. The molecular weight excluding hydrogens is 320 g/mol. The van der Waals surface area contributed by atoms with E-state index in [9.17, 15) is 4.79 Å². The highest BCUT2D eigenvalue weighted by molar-refractivity contribution is 5.91. The zero-order valence-corrected chi connectivity index (χ0v) is 14.7. The lowest BCUT2D eigenvalue weighted by molar-refractivity contribution is -0.126. The molecule has 0 saturated heterocycles.